The fourth-order valence-electron chi connectivity index (χ4n) is 4.09. The number of nitrogens with one attached hydrogen (secondary N) is 1. The van der Waals surface area contributed by atoms with E-state index in [9.17, 15) is 4.79 Å². The molecule has 4 rings (SSSR count). The van der Waals surface area contributed by atoms with Gasteiger partial charge in [0.2, 0.25) is 11.8 Å². The van der Waals surface area contributed by atoms with E-state index in [0.29, 0.717) is 47.6 Å². The molecule has 38 heavy (non-hydrogen) atoms. The van der Waals surface area contributed by atoms with Crippen LogP contribution in [0.25, 0.3) is 28.2 Å². The van der Waals surface area contributed by atoms with Crippen molar-refractivity contribution in [3.8, 4) is 11.5 Å². The number of aryl methyl sites for hydroxylation is 1. The molecule has 0 saturated heterocycles. The number of carbonyl (C=O) groups is 1. The Morgan fingerprint density at radius 2 is 1.79 bits per heavy atom. The molecule has 0 aromatic carbocycles. The van der Waals surface area contributed by atoms with Crippen molar-refractivity contribution in [3.05, 3.63) is 35.7 Å². The normalized spacial score (nSPS) is 12.9. The van der Waals surface area contributed by atoms with Crippen LogP contribution in [0.2, 0.25) is 37.8 Å². The summed E-state index contributed by atoms with van der Waals surface area (Å²) in [4.78, 5) is 31.0. The van der Waals surface area contributed by atoms with Crippen LogP contribution < -0.4 is 4.98 Å². The second-order valence-corrected chi connectivity index (χ2v) is 21.7. The van der Waals surface area contributed by atoms with E-state index in [0.717, 1.165) is 10.9 Å². The number of rotatable bonds is 8. The van der Waals surface area contributed by atoms with Crippen LogP contribution in [0.1, 0.15) is 36.8 Å². The van der Waals surface area contributed by atoms with Crippen LogP contribution >= 0.6 is 0 Å². The summed E-state index contributed by atoms with van der Waals surface area (Å²) >= 11 is 0. The van der Waals surface area contributed by atoms with Crippen LogP contribution in [0.4, 0.5) is 5.95 Å². The predicted molar refractivity (Wildman–Crippen MR) is 156 cm³/mol. The minimum Gasteiger partial charge on any atom is -0.464 e. The lowest BCUT2D eigenvalue weighted by atomic mass is 10.2. The molecule has 0 aliphatic heterocycles. The van der Waals surface area contributed by atoms with Gasteiger partial charge < -0.3 is 18.7 Å². The van der Waals surface area contributed by atoms with E-state index in [4.69, 9.17) is 24.2 Å². The molecule has 0 fully saturated rings. The monoisotopic (exact) mass is 553 g/mol. The molecule has 0 saturated carbocycles. The number of fused-ring (bicyclic) bond motifs is 3. The standard InChI is InChI=1S/C26H39N7O3Si2/c1-17-19-22(32(20(17)24(34)35-5)15-16-36-38(9,10)26(2,3)4)29-25(31-37(6,7)8)33-23(19)28-21(30-33)18-13-11-12-14-27-18/h11-14H,15-16H2,1-10H3,(H,29,31). The topological polar surface area (TPSA) is 108 Å². The Morgan fingerprint density at radius 3 is 2.37 bits per heavy atom. The number of esters is 1. The van der Waals surface area contributed by atoms with Crippen LogP contribution in [0, 0.1) is 6.92 Å². The number of anilines is 1. The molecule has 1 N–H and O–H groups in total. The molecule has 0 bridgehead atoms. The fourth-order valence-corrected chi connectivity index (χ4v) is 5.96. The lowest BCUT2D eigenvalue weighted by molar-refractivity contribution is 0.0587. The van der Waals surface area contributed by atoms with Crippen LogP contribution in [0.3, 0.4) is 0 Å². The van der Waals surface area contributed by atoms with Gasteiger partial charge in [0.05, 0.1) is 19.1 Å². The summed E-state index contributed by atoms with van der Waals surface area (Å²) in [5, 5.41) is 5.62. The first-order valence-corrected chi connectivity index (χ1v) is 19.3. The van der Waals surface area contributed by atoms with Gasteiger partial charge in [-0.15, -0.1) is 5.10 Å². The maximum Gasteiger partial charge on any atom is 0.355 e. The van der Waals surface area contributed by atoms with Gasteiger partial charge in [0.25, 0.3) is 0 Å². The van der Waals surface area contributed by atoms with E-state index in [2.05, 4.69) is 63.5 Å². The molecule has 0 spiro atoms. The minimum atomic E-state index is -1.98. The highest BCUT2D eigenvalue weighted by Crippen LogP contribution is 2.37. The molecule has 10 nitrogen and oxygen atoms in total. The number of carbonyl (C=O) groups excluding carboxylic acids is 1. The Hall–Kier alpha value is -3.10. The molecule has 0 aliphatic rings. The van der Waals surface area contributed by atoms with Gasteiger partial charge in [0.1, 0.15) is 25.3 Å². The maximum atomic E-state index is 13.1. The molecule has 12 heteroatoms. The third kappa shape index (κ3) is 5.25. The summed E-state index contributed by atoms with van der Waals surface area (Å²) in [6.45, 7) is 20.5. The molecule has 4 heterocycles. The molecule has 0 amide bonds. The molecule has 0 aliphatic carbocycles. The highest BCUT2D eigenvalue weighted by Gasteiger charge is 2.37. The number of methoxy groups -OCH3 is 1. The van der Waals surface area contributed by atoms with Gasteiger partial charge in [0, 0.05) is 12.7 Å². The predicted octanol–water partition coefficient (Wildman–Crippen LogP) is 5.50. The molecule has 4 aromatic heterocycles. The number of pyridine rings is 1. The Morgan fingerprint density at radius 1 is 1.08 bits per heavy atom. The number of ether oxygens (including phenoxy) is 1. The summed E-state index contributed by atoms with van der Waals surface area (Å²) in [5.41, 5.74) is 3.12. The summed E-state index contributed by atoms with van der Waals surface area (Å²) in [5.74, 6) is 0.656. The minimum absolute atomic E-state index is 0.0785. The Kier molecular flexibility index (Phi) is 7.27. The van der Waals surface area contributed by atoms with Crippen molar-refractivity contribution in [2.24, 2.45) is 0 Å². The number of aromatic nitrogens is 6. The highest BCUT2D eigenvalue weighted by molar-refractivity contribution is 6.79. The molecular weight excluding hydrogens is 515 g/mol. The molecule has 204 valence electrons. The van der Waals surface area contributed by atoms with Gasteiger partial charge in [-0.25, -0.2) is 9.78 Å². The van der Waals surface area contributed by atoms with Gasteiger partial charge in [-0.3, -0.25) is 4.98 Å². The third-order valence-electron chi connectivity index (χ3n) is 7.07. The highest BCUT2D eigenvalue weighted by atomic mass is 28.4. The average molecular weight is 554 g/mol. The van der Waals surface area contributed by atoms with Crippen molar-refractivity contribution >= 4 is 45.2 Å². The Bertz CT molecular complexity index is 1480. The molecule has 0 atom stereocenters. The Labute approximate surface area is 226 Å². The van der Waals surface area contributed by atoms with E-state index in [1.165, 1.54) is 7.11 Å². The zero-order valence-electron chi connectivity index (χ0n) is 24.1. The smallest absolute Gasteiger partial charge is 0.355 e. The quantitative estimate of drug-likeness (QED) is 0.225. The molecule has 0 unspecified atom stereocenters. The summed E-state index contributed by atoms with van der Waals surface area (Å²) in [6.07, 6.45) is 1.72. The van der Waals surface area contributed by atoms with Crippen molar-refractivity contribution in [2.75, 3.05) is 18.7 Å². The van der Waals surface area contributed by atoms with Gasteiger partial charge in [-0.1, -0.05) is 46.5 Å². The molecule has 0 radical (unpaired) electrons. The largest absolute Gasteiger partial charge is 0.464 e. The van der Waals surface area contributed by atoms with Crippen molar-refractivity contribution in [1.82, 2.24) is 29.1 Å². The average Bonchev–Trinajstić information content (AvgIpc) is 3.37. The zero-order chi connectivity index (χ0) is 28.0. The van der Waals surface area contributed by atoms with Crippen molar-refractivity contribution in [2.45, 2.75) is 72.0 Å². The number of hydrogen-bond donors (Lipinski definition) is 1. The number of hydrogen-bond acceptors (Lipinski definition) is 8. The van der Waals surface area contributed by atoms with Gasteiger partial charge >= 0.3 is 5.97 Å². The lowest BCUT2D eigenvalue weighted by Crippen LogP contribution is -2.41. The molecular formula is C26H39N7O3Si2. The molecule has 4 aromatic rings. The second-order valence-electron chi connectivity index (χ2n) is 12.1. The van der Waals surface area contributed by atoms with Crippen LogP contribution in [0.15, 0.2) is 24.4 Å². The van der Waals surface area contributed by atoms with E-state index in [1.54, 1.807) is 10.7 Å². The number of nitrogens with zero attached hydrogens (tertiary/aromatic N) is 6. The van der Waals surface area contributed by atoms with E-state index < -0.39 is 22.5 Å². The van der Waals surface area contributed by atoms with Gasteiger partial charge in [-0.2, -0.15) is 9.50 Å². The first kappa shape index (κ1) is 27.9. The van der Waals surface area contributed by atoms with Crippen LogP contribution in [0.5, 0.6) is 0 Å². The Balaban J connectivity index is 1.95. The van der Waals surface area contributed by atoms with Crippen LogP contribution in [-0.2, 0) is 15.7 Å². The van der Waals surface area contributed by atoms with E-state index in [1.807, 2.05) is 29.7 Å². The van der Waals surface area contributed by atoms with Crippen molar-refractivity contribution < 1.29 is 14.0 Å². The van der Waals surface area contributed by atoms with E-state index >= 15 is 0 Å². The SMILES string of the molecule is COC(=O)c1c(C)c2c(nc(N[Si](C)(C)C)n3nc(-c4ccccn4)nc23)n1CCO[Si](C)(C)C(C)(C)C. The first-order valence-electron chi connectivity index (χ1n) is 12.9. The second kappa shape index (κ2) is 9.90. The summed E-state index contributed by atoms with van der Waals surface area (Å²) in [6, 6.07) is 5.64. The summed E-state index contributed by atoms with van der Waals surface area (Å²) in [7, 11) is -2.42. The summed E-state index contributed by atoms with van der Waals surface area (Å²) < 4.78 is 15.3. The van der Waals surface area contributed by atoms with Gasteiger partial charge in [-0.05, 0) is 42.8 Å². The third-order valence-corrected chi connectivity index (χ3v) is 12.6. The maximum absolute atomic E-state index is 13.1. The fraction of sp³-hybridized carbons (Fsp3) is 0.500. The first-order chi connectivity index (χ1) is 17.6. The van der Waals surface area contributed by atoms with Gasteiger partial charge in [0.15, 0.2) is 14.0 Å². The van der Waals surface area contributed by atoms with Crippen molar-refractivity contribution in [3.63, 3.8) is 0 Å². The van der Waals surface area contributed by atoms with Crippen molar-refractivity contribution in [1.29, 1.82) is 0 Å². The zero-order valence-corrected chi connectivity index (χ0v) is 26.1. The van der Waals surface area contributed by atoms with E-state index in [-0.39, 0.29) is 5.04 Å². The van der Waals surface area contributed by atoms with Crippen LogP contribution in [-0.4, -0.2) is 65.4 Å². The lowest BCUT2D eigenvalue weighted by Gasteiger charge is -2.36.